The van der Waals surface area contributed by atoms with Crippen molar-refractivity contribution in [1.82, 2.24) is 9.88 Å². The molecule has 1 fully saturated rings. The first-order valence-electron chi connectivity index (χ1n) is 6.88. The molecular weight excluding hydrogens is 244 g/mol. The molecule has 102 valence electrons. The number of aromatic nitrogens is 1. The average Bonchev–Trinajstić information content (AvgIpc) is 2.89. The van der Waals surface area contributed by atoms with Crippen LogP contribution in [-0.2, 0) is 0 Å². The number of hydrogen-bond donors (Lipinski definition) is 1. The second kappa shape index (κ2) is 7.07. The maximum Gasteiger partial charge on any atom is 0.185 e. The van der Waals surface area contributed by atoms with Crippen LogP contribution >= 0.6 is 11.3 Å². The van der Waals surface area contributed by atoms with Crippen molar-refractivity contribution in [3.8, 4) is 0 Å². The molecule has 0 amide bonds. The number of nitrogens with two attached hydrogens (primary N) is 1. The van der Waals surface area contributed by atoms with E-state index in [1.807, 2.05) is 6.20 Å². The minimum atomic E-state index is 0.353. The van der Waals surface area contributed by atoms with Gasteiger partial charge >= 0.3 is 0 Å². The summed E-state index contributed by atoms with van der Waals surface area (Å²) >= 11 is 1.74. The van der Waals surface area contributed by atoms with Crippen LogP contribution in [0.15, 0.2) is 11.6 Å². The van der Waals surface area contributed by atoms with Gasteiger partial charge in [-0.3, -0.25) is 4.90 Å². The zero-order valence-corrected chi connectivity index (χ0v) is 12.0. The van der Waals surface area contributed by atoms with E-state index in [9.17, 15) is 0 Å². The van der Waals surface area contributed by atoms with Gasteiger partial charge in [-0.05, 0) is 26.3 Å². The van der Waals surface area contributed by atoms with E-state index in [2.05, 4.69) is 27.1 Å². The van der Waals surface area contributed by atoms with Crippen LogP contribution in [0.4, 0.5) is 5.13 Å². The molecule has 0 spiro atoms. The van der Waals surface area contributed by atoms with Crippen molar-refractivity contribution < 1.29 is 0 Å². The normalized spacial score (nSPS) is 19.1. The maximum atomic E-state index is 5.76. The second-order valence-corrected chi connectivity index (χ2v) is 5.99. The largest absolute Gasteiger partial charge is 0.346 e. The molecule has 0 saturated carbocycles. The topological polar surface area (TPSA) is 45.4 Å². The van der Waals surface area contributed by atoms with Crippen LogP contribution in [0.3, 0.4) is 0 Å². The first-order chi connectivity index (χ1) is 8.75. The molecule has 1 saturated heterocycles. The Labute approximate surface area is 114 Å². The fourth-order valence-electron chi connectivity index (χ4n) is 2.34. The van der Waals surface area contributed by atoms with Crippen molar-refractivity contribution in [2.24, 2.45) is 5.73 Å². The number of rotatable bonds is 6. The van der Waals surface area contributed by atoms with Crippen LogP contribution in [0, 0.1) is 0 Å². The quantitative estimate of drug-likeness (QED) is 0.799. The summed E-state index contributed by atoms with van der Waals surface area (Å²) in [6.45, 7) is 7.86. The van der Waals surface area contributed by atoms with Crippen LogP contribution < -0.4 is 10.6 Å². The Morgan fingerprint density at radius 3 is 2.72 bits per heavy atom. The molecule has 1 aliphatic rings. The SMILES string of the molecule is CC(N)CCCCN1CCN(c2nccs2)CC1. The number of thiazole rings is 1. The summed E-state index contributed by atoms with van der Waals surface area (Å²) in [6.07, 6.45) is 5.57. The predicted molar refractivity (Wildman–Crippen MR) is 78.3 cm³/mol. The van der Waals surface area contributed by atoms with Gasteiger partial charge in [0.25, 0.3) is 0 Å². The third-order valence-electron chi connectivity index (χ3n) is 3.45. The van der Waals surface area contributed by atoms with Crippen molar-refractivity contribution in [3.05, 3.63) is 11.6 Å². The van der Waals surface area contributed by atoms with Gasteiger partial charge in [-0.2, -0.15) is 0 Å². The second-order valence-electron chi connectivity index (χ2n) is 5.12. The molecule has 1 aliphatic heterocycles. The zero-order valence-electron chi connectivity index (χ0n) is 11.2. The Morgan fingerprint density at radius 2 is 2.11 bits per heavy atom. The van der Waals surface area contributed by atoms with E-state index in [1.165, 1.54) is 24.5 Å². The lowest BCUT2D eigenvalue weighted by Crippen LogP contribution is -2.46. The lowest BCUT2D eigenvalue weighted by atomic mass is 10.1. The van der Waals surface area contributed by atoms with Gasteiger partial charge in [0.05, 0.1) is 0 Å². The molecule has 1 aromatic heterocycles. The Balaban J connectivity index is 1.62. The lowest BCUT2D eigenvalue weighted by molar-refractivity contribution is 0.251. The molecule has 1 unspecified atom stereocenters. The first-order valence-corrected chi connectivity index (χ1v) is 7.76. The van der Waals surface area contributed by atoms with Gasteiger partial charge in [0.1, 0.15) is 0 Å². The Morgan fingerprint density at radius 1 is 1.33 bits per heavy atom. The van der Waals surface area contributed by atoms with Crippen molar-refractivity contribution in [3.63, 3.8) is 0 Å². The van der Waals surface area contributed by atoms with Crippen LogP contribution in [0.25, 0.3) is 0 Å². The molecule has 0 aliphatic carbocycles. The number of nitrogens with zero attached hydrogens (tertiary/aromatic N) is 3. The Hall–Kier alpha value is -0.650. The van der Waals surface area contributed by atoms with E-state index >= 15 is 0 Å². The lowest BCUT2D eigenvalue weighted by Gasteiger charge is -2.34. The molecule has 0 bridgehead atoms. The number of hydrogen-bond acceptors (Lipinski definition) is 5. The molecule has 2 rings (SSSR count). The van der Waals surface area contributed by atoms with E-state index in [1.54, 1.807) is 11.3 Å². The summed E-state index contributed by atoms with van der Waals surface area (Å²) in [4.78, 5) is 9.32. The van der Waals surface area contributed by atoms with Gasteiger partial charge in [0.15, 0.2) is 5.13 Å². The molecule has 4 nitrogen and oxygen atoms in total. The van der Waals surface area contributed by atoms with Crippen LogP contribution in [0.2, 0.25) is 0 Å². The molecule has 1 atom stereocenters. The smallest absolute Gasteiger partial charge is 0.185 e. The molecule has 1 aromatic rings. The van der Waals surface area contributed by atoms with E-state index in [-0.39, 0.29) is 0 Å². The molecular formula is C13H24N4S. The van der Waals surface area contributed by atoms with Crippen molar-refractivity contribution >= 4 is 16.5 Å². The molecule has 18 heavy (non-hydrogen) atoms. The summed E-state index contributed by atoms with van der Waals surface area (Å²) in [5.74, 6) is 0. The van der Waals surface area contributed by atoms with Gasteiger partial charge in [-0.1, -0.05) is 6.42 Å². The number of unbranched alkanes of at least 4 members (excludes halogenated alkanes) is 1. The van der Waals surface area contributed by atoms with Crippen molar-refractivity contribution in [1.29, 1.82) is 0 Å². The molecule has 2 heterocycles. The summed E-state index contributed by atoms with van der Waals surface area (Å²) < 4.78 is 0. The van der Waals surface area contributed by atoms with Gasteiger partial charge in [0.2, 0.25) is 0 Å². The van der Waals surface area contributed by atoms with Crippen LogP contribution in [-0.4, -0.2) is 48.6 Å². The van der Waals surface area contributed by atoms with E-state index in [0.29, 0.717) is 6.04 Å². The van der Waals surface area contributed by atoms with Gasteiger partial charge in [-0.25, -0.2) is 4.98 Å². The van der Waals surface area contributed by atoms with Crippen LogP contribution in [0.5, 0.6) is 0 Å². The minimum Gasteiger partial charge on any atom is -0.346 e. The predicted octanol–water partition coefficient (Wildman–Crippen LogP) is 1.78. The Kier molecular flexibility index (Phi) is 5.41. The van der Waals surface area contributed by atoms with Gasteiger partial charge < -0.3 is 10.6 Å². The summed E-state index contributed by atoms with van der Waals surface area (Å²) in [7, 11) is 0. The van der Waals surface area contributed by atoms with E-state index in [4.69, 9.17) is 5.73 Å². The highest BCUT2D eigenvalue weighted by Gasteiger charge is 2.17. The Bertz CT molecular complexity index is 318. The minimum absolute atomic E-state index is 0.353. The average molecular weight is 268 g/mol. The molecule has 2 N–H and O–H groups in total. The zero-order chi connectivity index (χ0) is 12.8. The van der Waals surface area contributed by atoms with Gasteiger partial charge in [0, 0.05) is 43.8 Å². The highest BCUT2D eigenvalue weighted by Crippen LogP contribution is 2.18. The third kappa shape index (κ3) is 4.23. The summed E-state index contributed by atoms with van der Waals surface area (Å²) in [5, 5.41) is 3.22. The molecule has 5 heteroatoms. The first kappa shape index (κ1) is 13.8. The summed E-state index contributed by atoms with van der Waals surface area (Å²) in [6, 6.07) is 0.353. The fraction of sp³-hybridized carbons (Fsp3) is 0.769. The molecule has 0 aromatic carbocycles. The standard InChI is InChI=1S/C13H24N4S/c1-12(14)4-2-3-6-16-7-9-17(10-8-16)13-15-5-11-18-13/h5,11-12H,2-4,6-10,14H2,1H3. The highest BCUT2D eigenvalue weighted by atomic mass is 32.1. The van der Waals surface area contributed by atoms with Crippen molar-refractivity contribution in [2.45, 2.75) is 32.2 Å². The number of piperazine rings is 1. The maximum absolute atomic E-state index is 5.76. The van der Waals surface area contributed by atoms with Crippen molar-refractivity contribution in [2.75, 3.05) is 37.6 Å². The highest BCUT2D eigenvalue weighted by molar-refractivity contribution is 7.13. The number of anilines is 1. The van der Waals surface area contributed by atoms with Crippen LogP contribution in [0.1, 0.15) is 26.2 Å². The summed E-state index contributed by atoms with van der Waals surface area (Å²) in [5.41, 5.74) is 5.76. The van der Waals surface area contributed by atoms with E-state index in [0.717, 1.165) is 32.6 Å². The molecule has 0 radical (unpaired) electrons. The fourth-order valence-corrected chi connectivity index (χ4v) is 3.03. The monoisotopic (exact) mass is 268 g/mol. The van der Waals surface area contributed by atoms with Gasteiger partial charge in [-0.15, -0.1) is 11.3 Å². The third-order valence-corrected chi connectivity index (χ3v) is 4.28. The van der Waals surface area contributed by atoms with E-state index < -0.39 is 0 Å².